The number of carbonyl (C=O) groups excluding carboxylic acids is 1. The van der Waals surface area contributed by atoms with E-state index in [0.29, 0.717) is 10.7 Å². The number of hydrogen-bond donors (Lipinski definition) is 1. The highest BCUT2D eigenvalue weighted by Crippen LogP contribution is 2.24. The van der Waals surface area contributed by atoms with Crippen molar-refractivity contribution in [3.63, 3.8) is 0 Å². The van der Waals surface area contributed by atoms with Crippen LogP contribution in [0.15, 0.2) is 45.8 Å². The quantitative estimate of drug-likeness (QED) is 0.821. The zero-order valence-electron chi connectivity index (χ0n) is 8.94. The fourth-order valence-corrected chi connectivity index (χ4v) is 2.18. The Kier molecular flexibility index (Phi) is 4.03. The Labute approximate surface area is 121 Å². The van der Waals surface area contributed by atoms with Crippen molar-refractivity contribution in [1.29, 1.82) is 0 Å². The smallest absolute Gasteiger partial charge is 0.335 e. The normalized spacial score (nSPS) is 10.1. The summed E-state index contributed by atoms with van der Waals surface area (Å²) in [5.74, 6) is -0.387. The van der Waals surface area contributed by atoms with Gasteiger partial charge in [0, 0.05) is 9.64 Å². The minimum absolute atomic E-state index is 0.254. The van der Waals surface area contributed by atoms with Crippen LogP contribution in [-0.4, -0.2) is 5.91 Å². The van der Waals surface area contributed by atoms with Gasteiger partial charge in [-0.1, -0.05) is 11.6 Å². The Bertz CT molecular complexity index is 634. The molecular weight excluding hydrogens is 368 g/mol. The highest BCUT2D eigenvalue weighted by molar-refractivity contribution is 14.1. The van der Waals surface area contributed by atoms with Crippen LogP contribution in [0.3, 0.4) is 0 Å². The van der Waals surface area contributed by atoms with Crippen molar-refractivity contribution in [3.8, 4) is 0 Å². The molecule has 2 rings (SSSR count). The van der Waals surface area contributed by atoms with Gasteiger partial charge in [0.05, 0.1) is 16.3 Å². The largest absolute Gasteiger partial charge is 0.430 e. The van der Waals surface area contributed by atoms with Gasteiger partial charge in [-0.25, -0.2) is 4.79 Å². The molecule has 0 fully saturated rings. The summed E-state index contributed by atoms with van der Waals surface area (Å²) in [7, 11) is 0. The molecule has 0 saturated carbocycles. The molecule has 1 aromatic carbocycles. The molecule has 0 unspecified atom stereocenters. The Balaban J connectivity index is 2.21. The van der Waals surface area contributed by atoms with E-state index in [2.05, 4.69) is 32.3 Å². The molecule has 0 aliphatic carbocycles. The van der Waals surface area contributed by atoms with Gasteiger partial charge in [-0.2, -0.15) is 0 Å². The fourth-order valence-electron chi connectivity index (χ4n) is 1.27. The molecule has 0 aliphatic heterocycles. The standard InChI is InChI=1S/C12H7ClINO3/c13-9-5-8(14)2-3-10(9)15-12(17)7-1-4-11(16)18-6-7/h1-6H,(H,15,17). The number of carbonyl (C=O) groups is 1. The van der Waals surface area contributed by atoms with Gasteiger partial charge in [-0.3, -0.25) is 4.79 Å². The van der Waals surface area contributed by atoms with E-state index < -0.39 is 5.63 Å². The molecule has 0 saturated heterocycles. The Morgan fingerprint density at radius 2 is 2.06 bits per heavy atom. The average molecular weight is 376 g/mol. The second-order valence-electron chi connectivity index (χ2n) is 3.42. The summed E-state index contributed by atoms with van der Waals surface area (Å²) < 4.78 is 5.59. The highest BCUT2D eigenvalue weighted by atomic mass is 127. The van der Waals surface area contributed by atoms with Crippen molar-refractivity contribution in [3.05, 3.63) is 61.2 Å². The summed E-state index contributed by atoms with van der Waals surface area (Å²) in [6.07, 6.45) is 1.11. The molecule has 1 N–H and O–H groups in total. The van der Waals surface area contributed by atoms with Gasteiger partial charge in [0.15, 0.2) is 0 Å². The minimum atomic E-state index is -0.501. The predicted molar refractivity (Wildman–Crippen MR) is 77.1 cm³/mol. The van der Waals surface area contributed by atoms with Crippen molar-refractivity contribution in [2.45, 2.75) is 0 Å². The summed E-state index contributed by atoms with van der Waals surface area (Å²) in [4.78, 5) is 22.6. The summed E-state index contributed by atoms with van der Waals surface area (Å²) in [5.41, 5.74) is 0.261. The Morgan fingerprint density at radius 3 is 2.67 bits per heavy atom. The summed E-state index contributed by atoms with van der Waals surface area (Å²) in [6.45, 7) is 0. The molecular formula is C12H7ClINO3. The van der Waals surface area contributed by atoms with Gasteiger partial charge in [0.25, 0.3) is 5.91 Å². The number of halogens is 2. The van der Waals surface area contributed by atoms with E-state index in [0.717, 1.165) is 9.83 Å². The molecule has 1 amide bonds. The summed E-state index contributed by atoms with van der Waals surface area (Å²) in [6, 6.07) is 7.85. The summed E-state index contributed by atoms with van der Waals surface area (Å²) >= 11 is 8.12. The molecule has 6 heteroatoms. The zero-order chi connectivity index (χ0) is 13.1. The van der Waals surface area contributed by atoms with E-state index in [4.69, 9.17) is 11.6 Å². The van der Waals surface area contributed by atoms with Gasteiger partial charge in [0.1, 0.15) is 6.26 Å². The molecule has 0 atom stereocenters. The van der Waals surface area contributed by atoms with Crippen molar-refractivity contribution in [2.75, 3.05) is 5.32 Å². The van der Waals surface area contributed by atoms with E-state index in [1.54, 1.807) is 12.1 Å². The second-order valence-corrected chi connectivity index (χ2v) is 5.07. The molecule has 92 valence electrons. The lowest BCUT2D eigenvalue weighted by Gasteiger charge is -2.06. The van der Waals surface area contributed by atoms with Crippen LogP contribution in [0.1, 0.15) is 10.4 Å². The first kappa shape index (κ1) is 13.1. The molecule has 0 spiro atoms. The van der Waals surface area contributed by atoms with Gasteiger partial charge in [-0.05, 0) is 46.9 Å². The minimum Gasteiger partial charge on any atom is -0.430 e. The molecule has 0 bridgehead atoms. The Hall–Kier alpha value is -1.34. The van der Waals surface area contributed by atoms with Crippen LogP contribution in [-0.2, 0) is 0 Å². The number of amides is 1. The fraction of sp³-hybridized carbons (Fsp3) is 0. The third kappa shape index (κ3) is 3.11. The predicted octanol–water partition coefficient (Wildman–Crippen LogP) is 3.15. The molecule has 18 heavy (non-hydrogen) atoms. The van der Waals surface area contributed by atoms with Crippen molar-refractivity contribution < 1.29 is 9.21 Å². The van der Waals surface area contributed by atoms with E-state index in [1.165, 1.54) is 12.1 Å². The number of nitrogens with one attached hydrogen (secondary N) is 1. The first-order valence-electron chi connectivity index (χ1n) is 4.91. The van der Waals surface area contributed by atoms with Gasteiger partial charge >= 0.3 is 5.63 Å². The van der Waals surface area contributed by atoms with Gasteiger partial charge in [-0.15, -0.1) is 0 Å². The van der Waals surface area contributed by atoms with Crippen LogP contribution in [0.25, 0.3) is 0 Å². The molecule has 4 nitrogen and oxygen atoms in total. The molecule has 2 aromatic rings. The number of benzene rings is 1. The first-order chi connectivity index (χ1) is 8.56. The maximum atomic E-state index is 11.8. The van der Waals surface area contributed by atoms with Crippen LogP contribution >= 0.6 is 34.2 Å². The highest BCUT2D eigenvalue weighted by Gasteiger charge is 2.09. The van der Waals surface area contributed by atoms with E-state index >= 15 is 0 Å². The number of rotatable bonds is 2. The van der Waals surface area contributed by atoms with Crippen molar-refractivity contribution >= 4 is 45.8 Å². The van der Waals surface area contributed by atoms with Gasteiger partial charge < -0.3 is 9.73 Å². The van der Waals surface area contributed by atoms with Gasteiger partial charge in [0.2, 0.25) is 0 Å². The van der Waals surface area contributed by atoms with E-state index in [1.807, 2.05) is 6.07 Å². The van der Waals surface area contributed by atoms with Crippen LogP contribution < -0.4 is 10.9 Å². The molecule has 0 radical (unpaired) electrons. The maximum absolute atomic E-state index is 11.8. The lowest BCUT2D eigenvalue weighted by atomic mass is 10.2. The summed E-state index contributed by atoms with van der Waals surface area (Å²) in [5, 5.41) is 3.09. The third-order valence-electron chi connectivity index (χ3n) is 2.14. The SMILES string of the molecule is O=C(Nc1ccc(I)cc1Cl)c1ccc(=O)oc1. The van der Waals surface area contributed by atoms with E-state index in [9.17, 15) is 9.59 Å². The van der Waals surface area contributed by atoms with Crippen LogP contribution in [0.2, 0.25) is 5.02 Å². The van der Waals surface area contributed by atoms with E-state index in [-0.39, 0.29) is 11.5 Å². The number of hydrogen-bond acceptors (Lipinski definition) is 3. The lowest BCUT2D eigenvalue weighted by Crippen LogP contribution is -2.13. The molecule has 1 heterocycles. The average Bonchev–Trinajstić information content (AvgIpc) is 2.33. The van der Waals surface area contributed by atoms with Crippen LogP contribution in [0.4, 0.5) is 5.69 Å². The molecule has 0 aliphatic rings. The molecule has 1 aromatic heterocycles. The second kappa shape index (κ2) is 5.53. The van der Waals surface area contributed by atoms with Crippen LogP contribution in [0.5, 0.6) is 0 Å². The van der Waals surface area contributed by atoms with Crippen molar-refractivity contribution in [2.24, 2.45) is 0 Å². The zero-order valence-corrected chi connectivity index (χ0v) is 11.9. The topological polar surface area (TPSA) is 59.3 Å². The Morgan fingerprint density at radius 1 is 1.28 bits per heavy atom. The number of anilines is 1. The third-order valence-corrected chi connectivity index (χ3v) is 3.13. The first-order valence-corrected chi connectivity index (χ1v) is 6.37. The van der Waals surface area contributed by atoms with Crippen LogP contribution in [0, 0.1) is 3.57 Å². The van der Waals surface area contributed by atoms with Crippen molar-refractivity contribution in [1.82, 2.24) is 0 Å². The monoisotopic (exact) mass is 375 g/mol. The lowest BCUT2D eigenvalue weighted by molar-refractivity contribution is 0.102. The maximum Gasteiger partial charge on any atom is 0.335 e.